The lowest BCUT2D eigenvalue weighted by Gasteiger charge is -2.36. The predicted octanol–water partition coefficient (Wildman–Crippen LogP) is 2.58. The van der Waals surface area contributed by atoms with Gasteiger partial charge in [0.1, 0.15) is 11.6 Å². The number of aromatic nitrogens is 1. The number of hydrogen-bond donors (Lipinski definition) is 1. The first-order chi connectivity index (χ1) is 15.1. The molecule has 1 aromatic heterocycles. The van der Waals surface area contributed by atoms with Crippen LogP contribution in [0.25, 0.3) is 0 Å². The van der Waals surface area contributed by atoms with Gasteiger partial charge in [-0.2, -0.15) is 0 Å². The molecule has 0 atom stereocenters. The lowest BCUT2D eigenvalue weighted by molar-refractivity contribution is 0.0302. The Morgan fingerprint density at radius 3 is 2.48 bits per heavy atom. The summed E-state index contributed by atoms with van der Waals surface area (Å²) in [4.78, 5) is 23.3. The van der Waals surface area contributed by atoms with Crippen LogP contribution >= 0.6 is 11.6 Å². The maximum absolute atomic E-state index is 13.1. The van der Waals surface area contributed by atoms with Crippen molar-refractivity contribution in [3.05, 3.63) is 52.9 Å². The van der Waals surface area contributed by atoms with Crippen LogP contribution in [0.15, 0.2) is 36.5 Å². The Labute approximate surface area is 186 Å². The van der Waals surface area contributed by atoms with Gasteiger partial charge in [-0.3, -0.25) is 9.69 Å². The summed E-state index contributed by atoms with van der Waals surface area (Å²) in [5, 5.41) is 3.71. The van der Waals surface area contributed by atoms with Gasteiger partial charge in [0.2, 0.25) is 0 Å². The summed E-state index contributed by atoms with van der Waals surface area (Å²) >= 11 is 6.36. The topological polar surface area (TPSA) is 60.9 Å². The van der Waals surface area contributed by atoms with E-state index in [1.807, 2.05) is 12.1 Å². The monoisotopic (exact) mass is 447 g/mol. The van der Waals surface area contributed by atoms with Crippen LogP contribution in [0.3, 0.4) is 0 Å². The quantitative estimate of drug-likeness (QED) is 0.734. The molecular weight excluding hydrogens is 421 g/mol. The summed E-state index contributed by atoms with van der Waals surface area (Å²) in [5.74, 6) is 0.313. The van der Waals surface area contributed by atoms with Crippen molar-refractivity contribution >= 4 is 29.0 Å². The number of halogens is 2. The molecule has 3 heterocycles. The molecule has 4 rings (SSSR count). The first kappa shape index (κ1) is 21.8. The van der Waals surface area contributed by atoms with E-state index in [0.29, 0.717) is 49.3 Å². The summed E-state index contributed by atoms with van der Waals surface area (Å²) in [6, 6.07) is 8.34. The molecule has 1 amide bonds. The zero-order valence-electron chi connectivity index (χ0n) is 17.4. The Kier molecular flexibility index (Phi) is 7.21. The third-order valence-corrected chi connectivity index (χ3v) is 5.96. The molecule has 9 heteroatoms. The van der Waals surface area contributed by atoms with E-state index in [0.717, 1.165) is 38.4 Å². The minimum absolute atomic E-state index is 0.0664. The molecule has 2 saturated heterocycles. The van der Waals surface area contributed by atoms with E-state index in [1.54, 1.807) is 17.2 Å². The van der Waals surface area contributed by atoms with Crippen molar-refractivity contribution in [3.63, 3.8) is 0 Å². The van der Waals surface area contributed by atoms with Crippen molar-refractivity contribution in [2.24, 2.45) is 0 Å². The van der Waals surface area contributed by atoms with Crippen LogP contribution < -0.4 is 10.2 Å². The fourth-order valence-electron chi connectivity index (χ4n) is 3.85. The molecule has 0 bridgehead atoms. The van der Waals surface area contributed by atoms with E-state index >= 15 is 0 Å². The number of nitrogens with one attached hydrogen (secondary N) is 1. The molecule has 166 valence electrons. The van der Waals surface area contributed by atoms with Crippen molar-refractivity contribution in [1.82, 2.24) is 14.8 Å². The van der Waals surface area contributed by atoms with Crippen molar-refractivity contribution in [2.75, 3.05) is 75.8 Å². The zero-order chi connectivity index (χ0) is 21.6. The summed E-state index contributed by atoms with van der Waals surface area (Å²) in [5.41, 5.74) is 1.55. The molecule has 0 aliphatic carbocycles. The number of benzene rings is 1. The van der Waals surface area contributed by atoms with Crippen LogP contribution in [0.1, 0.15) is 10.4 Å². The fraction of sp³-hybridized carbons (Fsp3) is 0.455. The Bertz CT molecular complexity index is 884. The molecule has 0 spiro atoms. The molecule has 2 aliphatic heterocycles. The molecule has 0 radical (unpaired) electrons. The number of carbonyl (C=O) groups is 1. The van der Waals surface area contributed by atoms with Crippen LogP contribution in [-0.4, -0.2) is 86.3 Å². The highest BCUT2D eigenvalue weighted by molar-refractivity contribution is 6.33. The molecule has 7 nitrogen and oxygen atoms in total. The van der Waals surface area contributed by atoms with E-state index in [-0.39, 0.29) is 11.7 Å². The first-order valence-corrected chi connectivity index (χ1v) is 11.0. The van der Waals surface area contributed by atoms with Gasteiger partial charge in [-0.1, -0.05) is 11.6 Å². The summed E-state index contributed by atoms with van der Waals surface area (Å²) in [6.07, 6.45) is 1.58. The normalized spacial score (nSPS) is 17.6. The van der Waals surface area contributed by atoms with Crippen molar-refractivity contribution < 1.29 is 13.9 Å². The van der Waals surface area contributed by atoms with Gasteiger partial charge in [-0.05, 0) is 30.3 Å². The van der Waals surface area contributed by atoms with E-state index < -0.39 is 0 Å². The molecule has 0 saturated carbocycles. The van der Waals surface area contributed by atoms with Crippen LogP contribution in [0, 0.1) is 5.82 Å². The van der Waals surface area contributed by atoms with Crippen LogP contribution in [-0.2, 0) is 4.74 Å². The van der Waals surface area contributed by atoms with Gasteiger partial charge in [0.15, 0.2) is 0 Å². The van der Waals surface area contributed by atoms with E-state index in [2.05, 4.69) is 20.1 Å². The lowest BCUT2D eigenvalue weighted by Crippen LogP contribution is -2.47. The first-order valence-electron chi connectivity index (χ1n) is 10.6. The third-order valence-electron chi connectivity index (χ3n) is 5.67. The number of rotatable bonds is 6. The van der Waals surface area contributed by atoms with Crippen molar-refractivity contribution in [2.45, 2.75) is 0 Å². The van der Waals surface area contributed by atoms with Crippen molar-refractivity contribution in [3.8, 4) is 0 Å². The SMILES string of the molecule is O=C(c1cnc(NCCN2CCN(c3ccc(F)cc3)CC2)c(Cl)c1)N1CCOCC1. The van der Waals surface area contributed by atoms with Crippen LogP contribution in [0.2, 0.25) is 5.02 Å². The summed E-state index contributed by atoms with van der Waals surface area (Å²) in [6.45, 7) is 7.56. The Balaban J connectivity index is 1.22. The highest BCUT2D eigenvalue weighted by Gasteiger charge is 2.20. The van der Waals surface area contributed by atoms with Gasteiger partial charge in [0.25, 0.3) is 5.91 Å². The number of ether oxygens (including phenoxy) is 1. The number of piperazine rings is 1. The maximum Gasteiger partial charge on any atom is 0.255 e. The molecule has 0 unspecified atom stereocenters. The van der Waals surface area contributed by atoms with Gasteiger partial charge in [0, 0.05) is 64.2 Å². The number of nitrogens with zero attached hydrogens (tertiary/aromatic N) is 4. The zero-order valence-corrected chi connectivity index (χ0v) is 18.2. The van der Waals surface area contributed by atoms with E-state index in [4.69, 9.17) is 16.3 Å². The molecule has 2 aromatic rings. The molecule has 1 N–H and O–H groups in total. The average Bonchev–Trinajstić information content (AvgIpc) is 2.81. The number of amides is 1. The highest BCUT2D eigenvalue weighted by Crippen LogP contribution is 2.21. The number of hydrogen-bond acceptors (Lipinski definition) is 6. The second-order valence-electron chi connectivity index (χ2n) is 7.69. The minimum Gasteiger partial charge on any atom is -0.378 e. The Hall–Kier alpha value is -2.42. The standard InChI is InChI=1S/C22H27ClFN5O2/c23-20-15-17(22(30)29-11-13-31-14-12-29)16-26-21(20)25-5-6-27-7-9-28(10-8-27)19-3-1-18(24)2-4-19/h1-4,15-16H,5-14H2,(H,25,26). The van der Waals surface area contributed by atoms with Gasteiger partial charge >= 0.3 is 0 Å². The van der Waals surface area contributed by atoms with E-state index in [1.165, 1.54) is 12.1 Å². The van der Waals surface area contributed by atoms with Gasteiger partial charge in [-0.25, -0.2) is 9.37 Å². The highest BCUT2D eigenvalue weighted by atomic mass is 35.5. The number of pyridine rings is 1. The van der Waals surface area contributed by atoms with Crippen molar-refractivity contribution in [1.29, 1.82) is 0 Å². The summed E-state index contributed by atoms with van der Waals surface area (Å²) < 4.78 is 18.4. The number of anilines is 2. The second-order valence-corrected chi connectivity index (χ2v) is 8.10. The van der Waals surface area contributed by atoms with Gasteiger partial charge < -0.3 is 19.9 Å². The predicted molar refractivity (Wildman–Crippen MR) is 120 cm³/mol. The average molecular weight is 448 g/mol. The lowest BCUT2D eigenvalue weighted by atomic mass is 10.2. The second kappa shape index (κ2) is 10.3. The van der Waals surface area contributed by atoms with Gasteiger partial charge in [0.05, 0.1) is 23.8 Å². The molecular formula is C22H27ClFN5O2. The maximum atomic E-state index is 13.1. The molecule has 1 aromatic carbocycles. The molecule has 2 fully saturated rings. The molecule has 31 heavy (non-hydrogen) atoms. The Morgan fingerprint density at radius 2 is 1.81 bits per heavy atom. The van der Waals surface area contributed by atoms with Crippen LogP contribution in [0.5, 0.6) is 0 Å². The van der Waals surface area contributed by atoms with Crippen LogP contribution in [0.4, 0.5) is 15.9 Å². The Morgan fingerprint density at radius 1 is 1.10 bits per heavy atom. The molecule has 2 aliphatic rings. The summed E-state index contributed by atoms with van der Waals surface area (Å²) in [7, 11) is 0. The smallest absolute Gasteiger partial charge is 0.255 e. The number of carbonyl (C=O) groups excluding carboxylic acids is 1. The third kappa shape index (κ3) is 5.64. The number of morpholine rings is 1. The largest absolute Gasteiger partial charge is 0.378 e. The minimum atomic E-state index is -0.209. The fourth-order valence-corrected chi connectivity index (χ4v) is 4.08. The van der Waals surface area contributed by atoms with Gasteiger partial charge in [-0.15, -0.1) is 0 Å². The van der Waals surface area contributed by atoms with E-state index in [9.17, 15) is 9.18 Å².